The van der Waals surface area contributed by atoms with Crippen LogP contribution in [0, 0.1) is 13.8 Å². The minimum Gasteiger partial charge on any atom is -0.333 e. The zero-order valence-corrected chi connectivity index (χ0v) is 16.6. The zero-order chi connectivity index (χ0) is 18.8. The first-order valence-corrected chi connectivity index (χ1v) is 10.3. The summed E-state index contributed by atoms with van der Waals surface area (Å²) in [4.78, 5) is 24.5. The number of aromatic amines is 1. The number of amides is 1. The van der Waals surface area contributed by atoms with Gasteiger partial charge in [0, 0.05) is 10.9 Å². The number of anilines is 1. The molecule has 27 heavy (non-hydrogen) atoms. The van der Waals surface area contributed by atoms with Crippen LogP contribution in [0.5, 0.6) is 0 Å². The molecule has 1 amide bonds. The van der Waals surface area contributed by atoms with Crippen LogP contribution in [0.1, 0.15) is 11.1 Å². The lowest BCUT2D eigenvalue weighted by atomic mass is 10.1. The van der Waals surface area contributed by atoms with Gasteiger partial charge in [0.2, 0.25) is 5.91 Å². The van der Waals surface area contributed by atoms with Crippen LogP contribution in [-0.2, 0) is 4.79 Å². The molecule has 0 aliphatic carbocycles. The molecule has 0 bridgehead atoms. The van der Waals surface area contributed by atoms with E-state index in [1.165, 1.54) is 34.2 Å². The lowest BCUT2D eigenvalue weighted by Gasteiger charge is -2.00. The van der Waals surface area contributed by atoms with Gasteiger partial charge in [-0.1, -0.05) is 47.7 Å². The van der Waals surface area contributed by atoms with Gasteiger partial charge in [0.15, 0.2) is 10.3 Å². The van der Waals surface area contributed by atoms with Crippen molar-refractivity contribution >= 4 is 45.2 Å². The number of nitrogens with zero attached hydrogens (tertiary/aromatic N) is 2. The van der Waals surface area contributed by atoms with Crippen LogP contribution in [0.25, 0.3) is 22.3 Å². The molecule has 0 radical (unpaired) electrons. The van der Waals surface area contributed by atoms with E-state index in [0.717, 1.165) is 27.4 Å². The Kier molecular flexibility index (Phi) is 4.96. The maximum atomic E-state index is 12.2. The van der Waals surface area contributed by atoms with Crippen LogP contribution in [0.15, 0.2) is 53.0 Å². The Morgan fingerprint density at radius 1 is 1.11 bits per heavy atom. The van der Waals surface area contributed by atoms with Gasteiger partial charge in [-0.3, -0.25) is 4.79 Å². The van der Waals surface area contributed by atoms with Crippen molar-refractivity contribution in [2.24, 2.45) is 0 Å². The fourth-order valence-corrected chi connectivity index (χ4v) is 4.07. The van der Waals surface area contributed by atoms with Crippen LogP contribution >= 0.6 is 23.1 Å². The molecule has 2 N–H and O–H groups in total. The molecular weight excluding hydrogens is 376 g/mol. The highest BCUT2D eigenvalue weighted by Crippen LogP contribution is 2.26. The van der Waals surface area contributed by atoms with Crippen LogP contribution in [-0.4, -0.2) is 26.6 Å². The molecule has 136 valence electrons. The summed E-state index contributed by atoms with van der Waals surface area (Å²) in [5, 5.41) is 6.16. The van der Waals surface area contributed by atoms with E-state index < -0.39 is 0 Å². The van der Waals surface area contributed by atoms with E-state index in [4.69, 9.17) is 0 Å². The number of rotatable bonds is 5. The van der Waals surface area contributed by atoms with E-state index in [0.29, 0.717) is 5.13 Å². The second-order valence-electron chi connectivity index (χ2n) is 6.30. The number of carbonyl (C=O) groups excluding carboxylic acids is 1. The number of fused-ring (bicyclic) bond motifs is 1. The average Bonchev–Trinajstić information content (AvgIpc) is 3.27. The molecule has 4 aromatic rings. The first-order chi connectivity index (χ1) is 13.1. The molecule has 4 rings (SSSR count). The fraction of sp³-hybridized carbons (Fsp3) is 0.150. The van der Waals surface area contributed by atoms with Gasteiger partial charge in [0.1, 0.15) is 0 Å². The van der Waals surface area contributed by atoms with Gasteiger partial charge in [-0.25, -0.2) is 9.97 Å². The molecule has 0 spiro atoms. The molecule has 0 saturated heterocycles. The summed E-state index contributed by atoms with van der Waals surface area (Å²) in [6, 6.07) is 14.2. The van der Waals surface area contributed by atoms with E-state index in [1.54, 1.807) is 0 Å². The Morgan fingerprint density at radius 2 is 1.89 bits per heavy atom. The van der Waals surface area contributed by atoms with Crippen molar-refractivity contribution in [2.45, 2.75) is 19.0 Å². The van der Waals surface area contributed by atoms with Crippen molar-refractivity contribution in [2.75, 3.05) is 11.1 Å². The lowest BCUT2D eigenvalue weighted by molar-refractivity contribution is -0.113. The third kappa shape index (κ3) is 4.20. The van der Waals surface area contributed by atoms with Gasteiger partial charge in [-0.05, 0) is 31.5 Å². The number of benzene rings is 2. The summed E-state index contributed by atoms with van der Waals surface area (Å²) < 4.78 is 0. The van der Waals surface area contributed by atoms with E-state index in [9.17, 15) is 4.79 Å². The molecule has 0 atom stereocenters. The van der Waals surface area contributed by atoms with Crippen molar-refractivity contribution in [3.63, 3.8) is 0 Å². The van der Waals surface area contributed by atoms with Gasteiger partial charge in [-0.2, -0.15) is 0 Å². The summed E-state index contributed by atoms with van der Waals surface area (Å²) in [5.74, 6) is 0.180. The highest BCUT2D eigenvalue weighted by molar-refractivity contribution is 7.99. The molecule has 0 saturated carbocycles. The molecule has 0 fully saturated rings. The highest BCUT2D eigenvalue weighted by atomic mass is 32.2. The standard InChI is InChI=1S/C20H18N4OS2/c1-12-3-6-14(7-4-12)17-10-26-20(23-17)24-18(25)11-27-19-21-15-8-5-13(2)9-16(15)22-19/h3-10H,11H2,1-2H3,(H,21,22)(H,23,24,25). The minimum atomic E-state index is -0.0959. The van der Waals surface area contributed by atoms with Gasteiger partial charge in [0.25, 0.3) is 0 Å². The summed E-state index contributed by atoms with van der Waals surface area (Å²) >= 11 is 2.81. The number of thiazole rings is 1. The lowest BCUT2D eigenvalue weighted by Crippen LogP contribution is -2.13. The SMILES string of the molecule is Cc1ccc(-c2csc(NC(=O)CSc3nc4ccc(C)cc4[nH]3)n2)cc1. The number of H-pyrrole nitrogens is 1. The molecule has 0 unspecified atom stereocenters. The fourth-order valence-electron chi connectivity index (χ4n) is 2.65. The van der Waals surface area contributed by atoms with Crippen molar-refractivity contribution in [3.8, 4) is 11.3 Å². The number of imidazole rings is 1. The van der Waals surface area contributed by atoms with Crippen molar-refractivity contribution < 1.29 is 4.79 Å². The Morgan fingerprint density at radius 3 is 2.70 bits per heavy atom. The quantitative estimate of drug-likeness (QED) is 0.466. The number of nitrogens with one attached hydrogen (secondary N) is 2. The first kappa shape index (κ1) is 17.8. The van der Waals surface area contributed by atoms with Gasteiger partial charge >= 0.3 is 0 Å². The van der Waals surface area contributed by atoms with E-state index in [-0.39, 0.29) is 11.7 Å². The van der Waals surface area contributed by atoms with E-state index >= 15 is 0 Å². The number of aryl methyl sites for hydroxylation is 2. The van der Waals surface area contributed by atoms with Crippen LogP contribution in [0.2, 0.25) is 0 Å². The third-order valence-electron chi connectivity index (χ3n) is 4.05. The molecule has 5 nitrogen and oxygen atoms in total. The number of hydrogen-bond acceptors (Lipinski definition) is 5. The molecule has 0 aliphatic rings. The smallest absolute Gasteiger partial charge is 0.236 e. The Balaban J connectivity index is 1.37. The predicted octanol–water partition coefficient (Wildman–Crippen LogP) is 5.03. The maximum Gasteiger partial charge on any atom is 0.236 e. The molecule has 2 aromatic carbocycles. The third-order valence-corrected chi connectivity index (χ3v) is 5.68. The minimum absolute atomic E-state index is 0.0959. The van der Waals surface area contributed by atoms with Crippen molar-refractivity contribution in [1.29, 1.82) is 0 Å². The highest BCUT2D eigenvalue weighted by Gasteiger charge is 2.10. The average molecular weight is 395 g/mol. The molecule has 7 heteroatoms. The molecule has 2 aromatic heterocycles. The second-order valence-corrected chi connectivity index (χ2v) is 8.13. The van der Waals surface area contributed by atoms with Crippen LogP contribution in [0.3, 0.4) is 0 Å². The van der Waals surface area contributed by atoms with Gasteiger partial charge < -0.3 is 10.3 Å². The molecular formula is C20H18N4OS2. The number of hydrogen-bond donors (Lipinski definition) is 2. The summed E-state index contributed by atoms with van der Waals surface area (Å²) in [6.07, 6.45) is 0. The van der Waals surface area contributed by atoms with E-state index in [1.807, 2.05) is 36.6 Å². The normalized spacial score (nSPS) is 11.0. The van der Waals surface area contributed by atoms with Crippen molar-refractivity contribution in [1.82, 2.24) is 15.0 Å². The first-order valence-electron chi connectivity index (χ1n) is 8.48. The Labute approximate surface area is 165 Å². The Hall–Kier alpha value is -2.64. The second kappa shape index (κ2) is 7.54. The number of carbonyl (C=O) groups is 1. The zero-order valence-electron chi connectivity index (χ0n) is 14.9. The Bertz CT molecular complexity index is 1100. The monoisotopic (exact) mass is 394 g/mol. The van der Waals surface area contributed by atoms with E-state index in [2.05, 4.69) is 45.4 Å². The molecule has 2 heterocycles. The summed E-state index contributed by atoms with van der Waals surface area (Å²) in [6.45, 7) is 4.09. The topological polar surface area (TPSA) is 70.7 Å². The predicted molar refractivity (Wildman–Crippen MR) is 112 cm³/mol. The number of thioether (sulfide) groups is 1. The van der Waals surface area contributed by atoms with Gasteiger partial charge in [0.05, 0.1) is 22.5 Å². The number of aromatic nitrogens is 3. The maximum absolute atomic E-state index is 12.2. The molecule has 0 aliphatic heterocycles. The van der Waals surface area contributed by atoms with Crippen LogP contribution < -0.4 is 5.32 Å². The van der Waals surface area contributed by atoms with Crippen LogP contribution in [0.4, 0.5) is 5.13 Å². The van der Waals surface area contributed by atoms with Gasteiger partial charge in [-0.15, -0.1) is 11.3 Å². The summed E-state index contributed by atoms with van der Waals surface area (Å²) in [5.41, 5.74) is 6.19. The largest absolute Gasteiger partial charge is 0.333 e. The van der Waals surface area contributed by atoms with Crippen molar-refractivity contribution in [3.05, 3.63) is 59.0 Å². The summed E-state index contributed by atoms with van der Waals surface area (Å²) in [7, 11) is 0.